The Kier molecular flexibility index (Phi) is 9.62. The molecule has 1 saturated heterocycles. The second-order valence-corrected chi connectivity index (χ2v) is 8.48. The first-order valence-electron chi connectivity index (χ1n) is 10.6. The first-order valence-corrected chi connectivity index (χ1v) is 11.4. The number of hydrogen-bond donors (Lipinski definition) is 1. The molecule has 0 spiro atoms. The minimum absolute atomic E-state index is 0.00175. The summed E-state index contributed by atoms with van der Waals surface area (Å²) in [6, 6.07) is 7.16. The zero-order chi connectivity index (χ0) is 22.1. The number of piperidine rings is 1. The highest BCUT2D eigenvalue weighted by Gasteiger charge is 2.30. The summed E-state index contributed by atoms with van der Waals surface area (Å²) in [5, 5.41) is 2.90. The average Bonchev–Trinajstić information content (AvgIpc) is 2.75. The molecule has 1 heterocycles. The maximum atomic E-state index is 12.8. The summed E-state index contributed by atoms with van der Waals surface area (Å²) in [5.74, 6) is -0.520. The quantitative estimate of drug-likeness (QED) is 0.562. The van der Waals surface area contributed by atoms with Gasteiger partial charge in [-0.05, 0) is 57.4 Å². The zero-order valence-electron chi connectivity index (χ0n) is 18.0. The minimum atomic E-state index is -0.256. The molecule has 1 fully saturated rings. The number of ether oxygens (including phenoxy) is 1. The van der Waals surface area contributed by atoms with E-state index in [-0.39, 0.29) is 36.3 Å². The third kappa shape index (κ3) is 7.00. The largest absolute Gasteiger partial charge is 0.466 e. The second kappa shape index (κ2) is 11.9. The van der Waals surface area contributed by atoms with Crippen LogP contribution in [0.1, 0.15) is 46.5 Å². The van der Waals surface area contributed by atoms with Gasteiger partial charge in [0.25, 0.3) is 0 Å². The smallest absolute Gasteiger partial charge is 0.322 e. The van der Waals surface area contributed by atoms with Crippen LogP contribution in [0.3, 0.4) is 0 Å². The number of anilines is 1. The normalized spacial score (nSPS) is 17.2. The van der Waals surface area contributed by atoms with E-state index >= 15 is 0 Å². The molecule has 30 heavy (non-hydrogen) atoms. The van der Waals surface area contributed by atoms with Gasteiger partial charge in [0.1, 0.15) is 0 Å². The Morgan fingerprint density at radius 3 is 2.60 bits per heavy atom. The van der Waals surface area contributed by atoms with Crippen molar-refractivity contribution in [1.29, 1.82) is 0 Å². The molecule has 1 aliphatic heterocycles. The van der Waals surface area contributed by atoms with E-state index in [1.54, 1.807) is 16.7 Å². The molecule has 2 atom stereocenters. The molecular formula is C22H32BrN3O4. The molecular weight excluding hydrogens is 450 g/mol. The number of carbonyl (C=O) groups is 3. The third-order valence-electron chi connectivity index (χ3n) is 5.44. The number of carbonyl (C=O) groups excluding carboxylic acids is 3. The summed E-state index contributed by atoms with van der Waals surface area (Å²) in [6.07, 6.45) is 2.55. The van der Waals surface area contributed by atoms with Gasteiger partial charge in [0, 0.05) is 42.3 Å². The predicted octanol–water partition coefficient (Wildman–Crippen LogP) is 4.27. The van der Waals surface area contributed by atoms with Crippen molar-refractivity contribution in [2.24, 2.45) is 5.92 Å². The highest BCUT2D eigenvalue weighted by molar-refractivity contribution is 9.10. The van der Waals surface area contributed by atoms with E-state index in [9.17, 15) is 14.4 Å². The van der Waals surface area contributed by atoms with Gasteiger partial charge in [-0.1, -0.05) is 22.9 Å². The van der Waals surface area contributed by atoms with E-state index in [4.69, 9.17) is 4.74 Å². The number of nitrogens with one attached hydrogen (secondary N) is 1. The highest BCUT2D eigenvalue weighted by Crippen LogP contribution is 2.20. The molecule has 1 aliphatic rings. The fraction of sp³-hybridized carbons (Fsp3) is 0.591. The Morgan fingerprint density at radius 2 is 1.97 bits per heavy atom. The maximum absolute atomic E-state index is 12.8. The van der Waals surface area contributed by atoms with E-state index < -0.39 is 0 Å². The SMILES string of the molecule is CCOC(=O)C1CCCN(C(=O)CCN(C(=O)Nc2ccc(Br)cc2)C(C)CC)C1. The van der Waals surface area contributed by atoms with Crippen LogP contribution in [0.2, 0.25) is 0 Å². The molecule has 0 aliphatic carbocycles. The van der Waals surface area contributed by atoms with Crippen LogP contribution in [0.25, 0.3) is 0 Å². The van der Waals surface area contributed by atoms with Crippen LogP contribution in [0.15, 0.2) is 28.7 Å². The molecule has 1 aromatic carbocycles. The Balaban J connectivity index is 1.94. The highest BCUT2D eigenvalue weighted by atomic mass is 79.9. The van der Waals surface area contributed by atoms with Crippen LogP contribution in [-0.2, 0) is 14.3 Å². The fourth-order valence-electron chi connectivity index (χ4n) is 3.50. The van der Waals surface area contributed by atoms with E-state index in [0.29, 0.717) is 31.9 Å². The lowest BCUT2D eigenvalue weighted by molar-refractivity contribution is -0.151. The van der Waals surface area contributed by atoms with Crippen molar-refractivity contribution in [1.82, 2.24) is 9.80 Å². The molecule has 3 amide bonds. The van der Waals surface area contributed by atoms with Crippen molar-refractivity contribution in [3.63, 3.8) is 0 Å². The van der Waals surface area contributed by atoms with Crippen molar-refractivity contribution < 1.29 is 19.1 Å². The van der Waals surface area contributed by atoms with Gasteiger partial charge < -0.3 is 19.9 Å². The van der Waals surface area contributed by atoms with Crippen LogP contribution in [-0.4, -0.2) is 60.0 Å². The van der Waals surface area contributed by atoms with Gasteiger partial charge >= 0.3 is 12.0 Å². The summed E-state index contributed by atoms with van der Waals surface area (Å²) in [7, 11) is 0. The summed E-state index contributed by atoms with van der Waals surface area (Å²) in [5.41, 5.74) is 0.705. The lowest BCUT2D eigenvalue weighted by Crippen LogP contribution is -2.46. The van der Waals surface area contributed by atoms with Gasteiger partial charge in [-0.2, -0.15) is 0 Å². The van der Waals surface area contributed by atoms with Crippen molar-refractivity contribution >= 4 is 39.5 Å². The summed E-state index contributed by atoms with van der Waals surface area (Å²) in [4.78, 5) is 41.0. The van der Waals surface area contributed by atoms with Gasteiger partial charge in [0.05, 0.1) is 12.5 Å². The molecule has 0 saturated carbocycles. The van der Waals surface area contributed by atoms with Crippen molar-refractivity contribution in [2.45, 2.75) is 52.5 Å². The molecule has 2 unspecified atom stereocenters. The van der Waals surface area contributed by atoms with Crippen LogP contribution in [0.5, 0.6) is 0 Å². The molecule has 1 aromatic rings. The molecule has 0 bridgehead atoms. The predicted molar refractivity (Wildman–Crippen MR) is 120 cm³/mol. The van der Waals surface area contributed by atoms with E-state index in [2.05, 4.69) is 21.2 Å². The van der Waals surface area contributed by atoms with E-state index in [1.807, 2.05) is 38.1 Å². The molecule has 7 nitrogen and oxygen atoms in total. The Bertz CT molecular complexity index is 726. The molecule has 166 valence electrons. The van der Waals surface area contributed by atoms with Gasteiger partial charge in [-0.25, -0.2) is 4.79 Å². The first kappa shape index (κ1) is 24.2. The lowest BCUT2D eigenvalue weighted by atomic mass is 9.98. The average molecular weight is 482 g/mol. The van der Waals surface area contributed by atoms with Gasteiger partial charge in [0.15, 0.2) is 0 Å². The number of nitrogens with zero attached hydrogens (tertiary/aromatic N) is 2. The molecule has 1 N–H and O–H groups in total. The standard InChI is InChI=1S/C22H32BrN3O4/c1-4-16(3)26(22(29)24-19-10-8-18(23)9-11-19)14-12-20(27)25-13-6-7-17(15-25)21(28)30-5-2/h8-11,16-17H,4-7,12-15H2,1-3H3,(H,24,29). The minimum Gasteiger partial charge on any atom is -0.466 e. The van der Waals surface area contributed by atoms with Gasteiger partial charge in [-0.15, -0.1) is 0 Å². The van der Waals surface area contributed by atoms with Crippen molar-refractivity contribution in [3.05, 3.63) is 28.7 Å². The van der Waals surface area contributed by atoms with Crippen LogP contribution in [0, 0.1) is 5.92 Å². The van der Waals surface area contributed by atoms with E-state index in [1.165, 1.54) is 0 Å². The maximum Gasteiger partial charge on any atom is 0.322 e. The number of hydrogen-bond acceptors (Lipinski definition) is 4. The Labute approximate surface area is 187 Å². The molecule has 2 rings (SSSR count). The molecule has 0 aromatic heterocycles. The number of likely N-dealkylation sites (tertiary alicyclic amines) is 1. The Morgan fingerprint density at radius 1 is 1.27 bits per heavy atom. The summed E-state index contributed by atoms with van der Waals surface area (Å²) in [6.45, 7) is 7.49. The van der Waals surface area contributed by atoms with E-state index in [0.717, 1.165) is 23.7 Å². The van der Waals surface area contributed by atoms with Crippen molar-refractivity contribution in [2.75, 3.05) is 31.6 Å². The monoisotopic (exact) mass is 481 g/mol. The first-order chi connectivity index (χ1) is 14.3. The molecule has 0 radical (unpaired) electrons. The number of urea groups is 1. The third-order valence-corrected chi connectivity index (χ3v) is 5.97. The number of amides is 3. The summed E-state index contributed by atoms with van der Waals surface area (Å²) < 4.78 is 6.05. The number of halogens is 1. The Hall–Kier alpha value is -2.09. The van der Waals surface area contributed by atoms with Crippen molar-refractivity contribution in [3.8, 4) is 0 Å². The topological polar surface area (TPSA) is 79.0 Å². The zero-order valence-corrected chi connectivity index (χ0v) is 19.6. The lowest BCUT2D eigenvalue weighted by Gasteiger charge is -2.33. The van der Waals surface area contributed by atoms with Crippen LogP contribution >= 0.6 is 15.9 Å². The van der Waals surface area contributed by atoms with Crippen LogP contribution in [0.4, 0.5) is 10.5 Å². The summed E-state index contributed by atoms with van der Waals surface area (Å²) >= 11 is 3.38. The number of benzene rings is 1. The number of esters is 1. The van der Waals surface area contributed by atoms with Crippen LogP contribution < -0.4 is 5.32 Å². The van der Waals surface area contributed by atoms with Gasteiger partial charge in [-0.3, -0.25) is 9.59 Å². The fourth-order valence-corrected chi connectivity index (χ4v) is 3.77. The number of rotatable bonds is 8. The second-order valence-electron chi connectivity index (χ2n) is 7.57. The molecule has 8 heteroatoms. The van der Waals surface area contributed by atoms with Gasteiger partial charge in [0.2, 0.25) is 5.91 Å².